The van der Waals surface area contributed by atoms with Crippen LogP contribution in [0.15, 0.2) is 10.6 Å². The maximum absolute atomic E-state index is 12.1. The zero-order valence-corrected chi connectivity index (χ0v) is 14.7. The van der Waals surface area contributed by atoms with Gasteiger partial charge in [0.15, 0.2) is 5.69 Å². The van der Waals surface area contributed by atoms with E-state index in [0.717, 1.165) is 44.7 Å². The van der Waals surface area contributed by atoms with Gasteiger partial charge in [0.25, 0.3) is 5.91 Å². The molecule has 1 amide bonds. The number of aryl methyl sites for hydroxylation is 1. The molecule has 0 spiro atoms. The molecule has 0 atom stereocenters. The Morgan fingerprint density at radius 2 is 1.91 bits per heavy atom. The Morgan fingerprint density at radius 3 is 2.41 bits per heavy atom. The van der Waals surface area contributed by atoms with Gasteiger partial charge in [-0.3, -0.25) is 4.79 Å². The summed E-state index contributed by atoms with van der Waals surface area (Å²) < 4.78 is 5.08. The van der Waals surface area contributed by atoms with Gasteiger partial charge in [0.1, 0.15) is 5.76 Å². The van der Waals surface area contributed by atoms with Crippen LogP contribution in [0.5, 0.6) is 0 Å². The maximum atomic E-state index is 12.1. The molecule has 0 fully saturated rings. The molecule has 22 heavy (non-hydrogen) atoms. The van der Waals surface area contributed by atoms with Crippen molar-refractivity contribution in [1.29, 1.82) is 0 Å². The summed E-state index contributed by atoms with van der Waals surface area (Å²) in [7, 11) is 0. The van der Waals surface area contributed by atoms with E-state index in [4.69, 9.17) is 4.52 Å². The highest BCUT2D eigenvalue weighted by Gasteiger charge is 2.23. The smallest absolute Gasteiger partial charge is 0.273 e. The van der Waals surface area contributed by atoms with E-state index in [2.05, 4.69) is 43.1 Å². The zero-order chi connectivity index (χ0) is 16.6. The summed E-state index contributed by atoms with van der Waals surface area (Å²) in [6.45, 7) is 14.6. The van der Waals surface area contributed by atoms with Crippen LogP contribution in [-0.4, -0.2) is 42.1 Å². The largest absolute Gasteiger partial charge is 0.361 e. The van der Waals surface area contributed by atoms with Crippen LogP contribution < -0.4 is 5.32 Å². The fraction of sp³-hybridized carbons (Fsp3) is 0.765. The van der Waals surface area contributed by atoms with Crippen LogP contribution in [-0.2, 0) is 6.42 Å². The van der Waals surface area contributed by atoms with Crippen molar-refractivity contribution in [2.24, 2.45) is 5.41 Å². The minimum Gasteiger partial charge on any atom is -0.361 e. The highest BCUT2D eigenvalue weighted by Crippen LogP contribution is 2.17. The van der Waals surface area contributed by atoms with Crippen molar-refractivity contribution in [2.75, 3.05) is 26.2 Å². The number of amides is 1. The number of carbonyl (C=O) groups excluding carboxylic acids is 1. The van der Waals surface area contributed by atoms with Crippen LogP contribution in [0.3, 0.4) is 0 Å². The molecule has 0 unspecified atom stereocenters. The average Bonchev–Trinajstić information content (AvgIpc) is 2.94. The van der Waals surface area contributed by atoms with Gasteiger partial charge in [-0.2, -0.15) is 0 Å². The van der Waals surface area contributed by atoms with Gasteiger partial charge in [0.05, 0.1) is 0 Å². The van der Waals surface area contributed by atoms with E-state index in [0.29, 0.717) is 12.2 Å². The molecule has 1 rings (SSSR count). The van der Waals surface area contributed by atoms with Crippen LogP contribution in [0.25, 0.3) is 0 Å². The molecule has 0 radical (unpaired) electrons. The van der Waals surface area contributed by atoms with Crippen molar-refractivity contribution in [3.8, 4) is 0 Å². The van der Waals surface area contributed by atoms with Crippen LogP contribution in [0, 0.1) is 5.41 Å². The number of hydrogen-bond donors (Lipinski definition) is 1. The first-order chi connectivity index (χ1) is 10.4. The summed E-state index contributed by atoms with van der Waals surface area (Å²) in [5.41, 5.74) is 0.392. The van der Waals surface area contributed by atoms with Crippen LogP contribution in [0.4, 0.5) is 0 Å². The fourth-order valence-corrected chi connectivity index (χ4v) is 2.56. The first-order valence-corrected chi connectivity index (χ1v) is 8.38. The second-order valence-corrected chi connectivity index (χ2v) is 6.66. The van der Waals surface area contributed by atoms with Crippen molar-refractivity contribution in [2.45, 2.75) is 53.9 Å². The van der Waals surface area contributed by atoms with Crippen molar-refractivity contribution in [1.82, 2.24) is 15.4 Å². The highest BCUT2D eigenvalue weighted by atomic mass is 16.5. The SMILES string of the molecule is CCCN(CCC)CC(C)(C)CNC(=O)c1cc(CC)on1. The third kappa shape index (κ3) is 6.18. The fourth-order valence-electron chi connectivity index (χ4n) is 2.56. The Hall–Kier alpha value is -1.36. The molecule has 5 heteroatoms. The maximum Gasteiger partial charge on any atom is 0.273 e. The monoisotopic (exact) mass is 309 g/mol. The van der Waals surface area contributed by atoms with Gasteiger partial charge < -0.3 is 14.7 Å². The predicted octanol–water partition coefficient (Wildman–Crippen LogP) is 3.12. The second-order valence-electron chi connectivity index (χ2n) is 6.66. The molecule has 0 bridgehead atoms. The van der Waals surface area contributed by atoms with Crippen molar-refractivity contribution in [3.63, 3.8) is 0 Å². The van der Waals surface area contributed by atoms with E-state index >= 15 is 0 Å². The lowest BCUT2D eigenvalue weighted by atomic mass is 9.92. The van der Waals surface area contributed by atoms with Crippen molar-refractivity contribution >= 4 is 5.91 Å². The first kappa shape index (κ1) is 18.7. The molecular formula is C17H31N3O2. The van der Waals surface area contributed by atoms with Crippen LogP contribution in [0.1, 0.15) is 63.7 Å². The number of nitrogens with one attached hydrogen (secondary N) is 1. The van der Waals surface area contributed by atoms with Gasteiger partial charge in [-0.05, 0) is 31.3 Å². The number of aromatic nitrogens is 1. The molecule has 1 N–H and O–H groups in total. The summed E-state index contributed by atoms with van der Waals surface area (Å²) >= 11 is 0. The van der Waals surface area contributed by atoms with Gasteiger partial charge in [0.2, 0.25) is 0 Å². The lowest BCUT2D eigenvalue weighted by Crippen LogP contribution is -2.42. The van der Waals surface area contributed by atoms with Crippen molar-refractivity contribution in [3.05, 3.63) is 17.5 Å². The van der Waals surface area contributed by atoms with Gasteiger partial charge in [0, 0.05) is 25.6 Å². The standard InChI is InChI=1S/C17H31N3O2/c1-6-9-20(10-7-2)13-17(4,5)12-18-16(21)15-11-14(8-3)22-19-15/h11H,6-10,12-13H2,1-5H3,(H,18,21). The molecule has 126 valence electrons. The lowest BCUT2D eigenvalue weighted by molar-refractivity contribution is 0.0912. The summed E-state index contributed by atoms with van der Waals surface area (Å²) in [5.74, 6) is 0.579. The van der Waals surface area contributed by atoms with E-state index in [1.54, 1.807) is 6.07 Å². The molecule has 0 saturated heterocycles. The van der Waals surface area contributed by atoms with E-state index in [1.807, 2.05) is 6.92 Å². The zero-order valence-electron chi connectivity index (χ0n) is 14.7. The van der Waals surface area contributed by atoms with Crippen molar-refractivity contribution < 1.29 is 9.32 Å². The number of nitrogens with zero attached hydrogens (tertiary/aromatic N) is 2. The molecule has 1 heterocycles. The van der Waals surface area contributed by atoms with E-state index in [1.165, 1.54) is 0 Å². The summed E-state index contributed by atoms with van der Waals surface area (Å²) in [6.07, 6.45) is 3.05. The minimum absolute atomic E-state index is 0.0251. The van der Waals surface area contributed by atoms with Gasteiger partial charge in [-0.1, -0.05) is 39.8 Å². The number of hydrogen-bond acceptors (Lipinski definition) is 4. The normalized spacial score (nSPS) is 11.9. The Labute approximate surface area is 134 Å². The molecule has 5 nitrogen and oxygen atoms in total. The van der Waals surface area contributed by atoms with Gasteiger partial charge >= 0.3 is 0 Å². The lowest BCUT2D eigenvalue weighted by Gasteiger charge is -2.32. The molecule has 0 aliphatic heterocycles. The molecule has 0 aliphatic rings. The van der Waals surface area contributed by atoms with Crippen LogP contribution in [0.2, 0.25) is 0 Å². The third-order valence-electron chi connectivity index (χ3n) is 3.60. The topological polar surface area (TPSA) is 58.4 Å². The van der Waals surface area contributed by atoms with E-state index < -0.39 is 0 Å². The second kappa shape index (κ2) is 8.93. The molecule has 1 aromatic rings. The van der Waals surface area contributed by atoms with E-state index in [9.17, 15) is 4.79 Å². The summed E-state index contributed by atoms with van der Waals surface area (Å²) in [4.78, 5) is 14.6. The summed E-state index contributed by atoms with van der Waals surface area (Å²) in [5, 5.41) is 6.79. The molecule has 0 aromatic carbocycles. The minimum atomic E-state index is -0.158. The quantitative estimate of drug-likeness (QED) is 0.721. The Kier molecular flexibility index (Phi) is 7.59. The Morgan fingerprint density at radius 1 is 1.27 bits per heavy atom. The Balaban J connectivity index is 2.51. The summed E-state index contributed by atoms with van der Waals surface area (Å²) in [6, 6.07) is 1.71. The Bertz CT molecular complexity index is 449. The molecule has 1 aromatic heterocycles. The third-order valence-corrected chi connectivity index (χ3v) is 3.60. The predicted molar refractivity (Wildman–Crippen MR) is 89.0 cm³/mol. The highest BCUT2D eigenvalue weighted by molar-refractivity contribution is 5.92. The van der Waals surface area contributed by atoms with E-state index in [-0.39, 0.29) is 11.3 Å². The molecule has 0 saturated carbocycles. The first-order valence-electron chi connectivity index (χ1n) is 8.38. The number of carbonyl (C=O) groups is 1. The van der Waals surface area contributed by atoms with Gasteiger partial charge in [-0.25, -0.2) is 0 Å². The molecule has 0 aliphatic carbocycles. The number of rotatable bonds is 10. The van der Waals surface area contributed by atoms with Crippen LogP contribution >= 0.6 is 0 Å². The average molecular weight is 309 g/mol. The molecular weight excluding hydrogens is 278 g/mol. The van der Waals surface area contributed by atoms with Gasteiger partial charge in [-0.15, -0.1) is 0 Å².